The van der Waals surface area contributed by atoms with E-state index in [1.807, 2.05) is 0 Å². The fourth-order valence-electron chi connectivity index (χ4n) is 1.53. The number of halogens is 1. The van der Waals surface area contributed by atoms with Crippen LogP contribution >= 0.6 is 15.9 Å². The summed E-state index contributed by atoms with van der Waals surface area (Å²) in [6.45, 7) is 0. The summed E-state index contributed by atoms with van der Waals surface area (Å²) in [5.74, 6) is -1.36. The largest absolute Gasteiger partial charge is 0.468 e. The highest BCUT2D eigenvalue weighted by Gasteiger charge is 2.29. The number of rotatable bonds is 4. The molecule has 0 aliphatic heterocycles. The average molecular weight is 300 g/mol. The number of sulfonamides is 1. The van der Waals surface area contributed by atoms with E-state index in [1.165, 1.54) is 7.11 Å². The first-order valence-electron chi connectivity index (χ1n) is 4.65. The maximum atomic E-state index is 11.5. The van der Waals surface area contributed by atoms with E-state index in [4.69, 9.17) is 0 Å². The fourth-order valence-corrected chi connectivity index (χ4v) is 3.68. The highest BCUT2D eigenvalue weighted by atomic mass is 79.9. The second-order valence-corrected chi connectivity index (χ2v) is 6.44. The number of nitrogens with one attached hydrogen (secondary N) is 1. The molecule has 88 valence electrons. The third-order valence-electron chi connectivity index (χ3n) is 2.30. The van der Waals surface area contributed by atoms with E-state index >= 15 is 0 Å². The first-order valence-corrected chi connectivity index (χ1v) is 7.22. The molecule has 0 aromatic carbocycles. The van der Waals surface area contributed by atoms with Crippen molar-refractivity contribution in [3.8, 4) is 0 Å². The quantitative estimate of drug-likeness (QED) is 0.602. The highest BCUT2D eigenvalue weighted by Crippen LogP contribution is 2.25. The Balaban J connectivity index is 2.52. The van der Waals surface area contributed by atoms with Gasteiger partial charge in [0.2, 0.25) is 10.0 Å². The number of carbonyl (C=O) groups excluding carboxylic acids is 1. The molecule has 2 atom stereocenters. The van der Waals surface area contributed by atoms with Crippen molar-refractivity contribution in [2.45, 2.75) is 30.1 Å². The van der Waals surface area contributed by atoms with Gasteiger partial charge in [0.25, 0.3) is 0 Å². The molecular formula is C8H14BrNO4S. The Kier molecular flexibility index (Phi) is 4.54. The molecule has 5 nitrogen and oxygen atoms in total. The summed E-state index contributed by atoms with van der Waals surface area (Å²) < 4.78 is 29.7. The van der Waals surface area contributed by atoms with Crippen LogP contribution in [0.15, 0.2) is 0 Å². The van der Waals surface area contributed by atoms with Crippen molar-refractivity contribution in [1.82, 2.24) is 4.72 Å². The van der Waals surface area contributed by atoms with Gasteiger partial charge in [-0.15, -0.1) is 0 Å². The molecule has 0 heterocycles. The van der Waals surface area contributed by atoms with E-state index in [0.717, 1.165) is 19.3 Å². The van der Waals surface area contributed by atoms with Crippen molar-refractivity contribution in [3.05, 3.63) is 0 Å². The molecule has 0 aromatic rings. The Labute approximate surface area is 97.7 Å². The molecule has 0 amide bonds. The number of hydrogen-bond donors (Lipinski definition) is 1. The number of carbonyl (C=O) groups is 1. The molecule has 0 saturated heterocycles. The summed E-state index contributed by atoms with van der Waals surface area (Å²) in [5, 5.41) is 0. The fraction of sp³-hybridized carbons (Fsp3) is 0.875. The molecule has 0 aromatic heterocycles. The number of esters is 1. The van der Waals surface area contributed by atoms with E-state index < -0.39 is 21.7 Å². The molecular weight excluding hydrogens is 286 g/mol. The van der Waals surface area contributed by atoms with Gasteiger partial charge in [0.05, 0.1) is 7.11 Å². The Morgan fingerprint density at radius 3 is 2.67 bits per heavy atom. The van der Waals surface area contributed by atoms with E-state index in [-0.39, 0.29) is 10.9 Å². The summed E-state index contributed by atoms with van der Waals surface area (Å²) in [5.41, 5.74) is 0. The zero-order valence-corrected chi connectivity index (χ0v) is 10.8. The van der Waals surface area contributed by atoms with Gasteiger partial charge >= 0.3 is 5.97 Å². The van der Waals surface area contributed by atoms with E-state index in [2.05, 4.69) is 25.4 Å². The van der Waals surface area contributed by atoms with Crippen LogP contribution < -0.4 is 4.72 Å². The van der Waals surface area contributed by atoms with Crippen molar-refractivity contribution >= 4 is 31.9 Å². The van der Waals surface area contributed by atoms with Crippen molar-refractivity contribution in [3.63, 3.8) is 0 Å². The predicted molar refractivity (Wildman–Crippen MR) is 59.3 cm³/mol. The summed E-state index contributed by atoms with van der Waals surface area (Å²) in [6, 6.07) is -0.111. The molecule has 7 heteroatoms. The summed E-state index contributed by atoms with van der Waals surface area (Å²) in [6.07, 6.45) is 2.74. The molecule has 1 N–H and O–H groups in total. The molecule has 0 radical (unpaired) electrons. The van der Waals surface area contributed by atoms with Crippen LogP contribution in [0.25, 0.3) is 0 Å². The lowest BCUT2D eigenvalue weighted by atomic mass is 10.3. The summed E-state index contributed by atoms with van der Waals surface area (Å²) >= 11 is 3.40. The SMILES string of the molecule is COC(=O)CS(=O)(=O)NC1CCCC1Br. The van der Waals surface area contributed by atoms with Crippen LogP contribution in [0.4, 0.5) is 0 Å². The first kappa shape index (κ1) is 12.9. The minimum Gasteiger partial charge on any atom is -0.468 e. The second-order valence-electron chi connectivity index (χ2n) is 3.51. The molecule has 1 fully saturated rings. The molecule has 0 bridgehead atoms. The molecule has 15 heavy (non-hydrogen) atoms. The number of ether oxygens (including phenoxy) is 1. The number of hydrogen-bond acceptors (Lipinski definition) is 4. The Hall–Kier alpha value is -0.140. The van der Waals surface area contributed by atoms with E-state index in [9.17, 15) is 13.2 Å². The van der Waals surface area contributed by atoms with Crippen LogP contribution in [0, 0.1) is 0 Å². The topological polar surface area (TPSA) is 72.5 Å². The van der Waals surface area contributed by atoms with Gasteiger partial charge in [0, 0.05) is 10.9 Å². The maximum absolute atomic E-state index is 11.5. The Morgan fingerprint density at radius 1 is 1.53 bits per heavy atom. The normalized spacial score (nSPS) is 26.5. The Bertz CT molecular complexity index is 330. The van der Waals surface area contributed by atoms with E-state index in [0.29, 0.717) is 0 Å². The van der Waals surface area contributed by atoms with Gasteiger partial charge in [-0.1, -0.05) is 22.4 Å². The minimum atomic E-state index is -3.56. The summed E-state index contributed by atoms with van der Waals surface area (Å²) in [7, 11) is -2.40. The molecule has 1 rings (SSSR count). The van der Waals surface area contributed by atoms with Gasteiger partial charge in [0.15, 0.2) is 5.75 Å². The van der Waals surface area contributed by atoms with Crippen LogP contribution in [0.5, 0.6) is 0 Å². The van der Waals surface area contributed by atoms with Gasteiger partial charge in [-0.3, -0.25) is 4.79 Å². The van der Waals surface area contributed by atoms with Gasteiger partial charge in [-0.05, 0) is 12.8 Å². The van der Waals surface area contributed by atoms with Gasteiger partial charge in [-0.25, -0.2) is 13.1 Å². The van der Waals surface area contributed by atoms with Crippen molar-refractivity contribution in [2.75, 3.05) is 12.9 Å². The molecule has 1 aliphatic rings. The third kappa shape index (κ3) is 4.08. The molecule has 1 saturated carbocycles. The monoisotopic (exact) mass is 299 g/mol. The zero-order valence-electron chi connectivity index (χ0n) is 8.40. The molecule has 0 spiro atoms. The van der Waals surface area contributed by atoms with Gasteiger partial charge in [0.1, 0.15) is 0 Å². The Morgan fingerprint density at radius 2 is 2.20 bits per heavy atom. The predicted octanol–water partition coefficient (Wildman–Crippen LogP) is 0.395. The minimum absolute atomic E-state index is 0.111. The van der Waals surface area contributed by atoms with Crippen molar-refractivity contribution in [2.24, 2.45) is 0 Å². The van der Waals surface area contributed by atoms with Crippen molar-refractivity contribution < 1.29 is 17.9 Å². The number of alkyl halides is 1. The van der Waals surface area contributed by atoms with Crippen LogP contribution in [-0.2, 0) is 19.6 Å². The van der Waals surface area contributed by atoms with Crippen LogP contribution in [0.2, 0.25) is 0 Å². The lowest BCUT2D eigenvalue weighted by Crippen LogP contribution is -2.40. The first-order chi connectivity index (χ1) is 6.94. The van der Waals surface area contributed by atoms with Gasteiger partial charge in [-0.2, -0.15) is 0 Å². The molecule has 2 unspecified atom stereocenters. The van der Waals surface area contributed by atoms with E-state index in [1.54, 1.807) is 0 Å². The second kappa shape index (κ2) is 5.27. The number of methoxy groups -OCH3 is 1. The van der Waals surface area contributed by atoms with Gasteiger partial charge < -0.3 is 4.74 Å². The smallest absolute Gasteiger partial charge is 0.322 e. The maximum Gasteiger partial charge on any atom is 0.322 e. The summed E-state index contributed by atoms with van der Waals surface area (Å²) in [4.78, 5) is 11.0. The van der Waals surface area contributed by atoms with Crippen LogP contribution in [0.3, 0.4) is 0 Å². The van der Waals surface area contributed by atoms with Crippen LogP contribution in [-0.4, -0.2) is 38.1 Å². The van der Waals surface area contributed by atoms with Crippen molar-refractivity contribution in [1.29, 1.82) is 0 Å². The van der Waals surface area contributed by atoms with Crippen LogP contribution in [0.1, 0.15) is 19.3 Å². The lowest BCUT2D eigenvalue weighted by molar-refractivity contribution is -0.137. The lowest BCUT2D eigenvalue weighted by Gasteiger charge is -2.15. The third-order valence-corrected chi connectivity index (χ3v) is 4.67. The zero-order chi connectivity index (χ0) is 11.5. The molecule has 1 aliphatic carbocycles. The highest BCUT2D eigenvalue weighted by molar-refractivity contribution is 9.09. The average Bonchev–Trinajstić information content (AvgIpc) is 2.50. The standard InChI is InChI=1S/C8H14BrNO4S/c1-14-8(11)5-15(12,13)10-7-4-2-3-6(7)9/h6-7,10H,2-5H2,1H3.